The molecule has 164 valence electrons. The number of nitrogens with zero attached hydrogens (tertiary/aromatic N) is 5. The van der Waals surface area contributed by atoms with E-state index in [2.05, 4.69) is 27.9 Å². The maximum atomic E-state index is 9.04. The maximum Gasteiger partial charge on any atom is 0.232 e. The third-order valence-corrected chi connectivity index (χ3v) is 6.22. The van der Waals surface area contributed by atoms with Gasteiger partial charge in [0.1, 0.15) is 12.4 Å². The topological polar surface area (TPSA) is 74.5 Å². The largest absolute Gasteiger partial charge is 0.497 e. The molecule has 0 bridgehead atoms. The van der Waals surface area contributed by atoms with Crippen molar-refractivity contribution in [2.75, 3.05) is 45.2 Å². The third-order valence-electron chi connectivity index (χ3n) is 5.22. The molecule has 4 rings (SSSR count). The van der Waals surface area contributed by atoms with Gasteiger partial charge in [-0.05, 0) is 49.0 Å². The number of ether oxygens (including phenoxy) is 2. The van der Waals surface area contributed by atoms with Crippen molar-refractivity contribution in [1.29, 1.82) is 5.26 Å². The van der Waals surface area contributed by atoms with Crippen LogP contribution < -0.4 is 14.4 Å². The van der Waals surface area contributed by atoms with Crippen molar-refractivity contribution in [3.8, 4) is 17.7 Å². The second kappa shape index (κ2) is 10.4. The number of nitriles is 1. The van der Waals surface area contributed by atoms with Gasteiger partial charge in [-0.1, -0.05) is 23.9 Å². The van der Waals surface area contributed by atoms with Crippen molar-refractivity contribution in [3.05, 3.63) is 65.9 Å². The highest BCUT2D eigenvalue weighted by atomic mass is 32.2. The first-order valence-corrected chi connectivity index (χ1v) is 11.2. The van der Waals surface area contributed by atoms with Gasteiger partial charge in [0.05, 0.1) is 29.8 Å². The second-order valence-electron chi connectivity index (χ2n) is 7.51. The molecule has 1 aliphatic heterocycles. The van der Waals surface area contributed by atoms with Crippen LogP contribution in [0.2, 0.25) is 0 Å². The summed E-state index contributed by atoms with van der Waals surface area (Å²) in [5, 5.41) is 9.04. The standard InChI is InChI=1S/C24H25N5O2S/c1-28-10-12-29(13-11-28)24-26-16-22(32-21-8-6-18(15-25)7-9-21)23(27-24)31-17-19-4-3-5-20(14-19)30-2/h3-9,14,16H,10-13,17H2,1-2H3. The van der Waals surface area contributed by atoms with Gasteiger partial charge in [0.2, 0.25) is 11.8 Å². The molecule has 0 aliphatic carbocycles. The first-order valence-electron chi connectivity index (χ1n) is 10.4. The lowest BCUT2D eigenvalue weighted by molar-refractivity contribution is 0.282. The predicted octanol–water partition coefficient (Wildman–Crippen LogP) is 3.84. The molecular formula is C24H25N5O2S. The fourth-order valence-corrected chi connectivity index (χ4v) is 4.14. The van der Waals surface area contributed by atoms with Crippen molar-refractivity contribution in [2.45, 2.75) is 16.4 Å². The molecule has 0 spiro atoms. The molecule has 0 radical (unpaired) electrons. The molecule has 7 nitrogen and oxygen atoms in total. The van der Waals surface area contributed by atoms with Crippen LogP contribution in [0.25, 0.3) is 0 Å². The molecule has 0 saturated carbocycles. The van der Waals surface area contributed by atoms with Gasteiger partial charge in [0, 0.05) is 31.1 Å². The van der Waals surface area contributed by atoms with Gasteiger partial charge in [-0.15, -0.1) is 0 Å². The molecule has 1 saturated heterocycles. The Morgan fingerprint density at radius 3 is 2.59 bits per heavy atom. The van der Waals surface area contributed by atoms with Gasteiger partial charge in [-0.3, -0.25) is 0 Å². The number of likely N-dealkylation sites (N-methyl/N-ethyl adjacent to an activating group) is 1. The van der Waals surface area contributed by atoms with Crippen molar-refractivity contribution >= 4 is 17.7 Å². The minimum absolute atomic E-state index is 0.372. The molecule has 8 heteroatoms. The van der Waals surface area contributed by atoms with E-state index in [1.54, 1.807) is 19.2 Å². The Balaban J connectivity index is 1.57. The summed E-state index contributed by atoms with van der Waals surface area (Å²) in [5.41, 5.74) is 1.63. The zero-order valence-electron chi connectivity index (χ0n) is 18.2. The minimum Gasteiger partial charge on any atom is -0.497 e. The van der Waals surface area contributed by atoms with Crippen molar-refractivity contribution < 1.29 is 9.47 Å². The highest BCUT2D eigenvalue weighted by Crippen LogP contribution is 2.35. The van der Waals surface area contributed by atoms with E-state index >= 15 is 0 Å². The normalized spacial score (nSPS) is 14.1. The smallest absolute Gasteiger partial charge is 0.232 e. The van der Waals surface area contributed by atoms with Crippen molar-refractivity contribution in [2.24, 2.45) is 0 Å². The Hall–Kier alpha value is -3.28. The van der Waals surface area contributed by atoms with Gasteiger partial charge in [0.25, 0.3) is 0 Å². The summed E-state index contributed by atoms with van der Waals surface area (Å²) in [6, 6.07) is 17.4. The van der Waals surface area contributed by atoms with Gasteiger partial charge in [-0.2, -0.15) is 10.2 Å². The molecule has 1 aromatic heterocycles. The van der Waals surface area contributed by atoms with E-state index < -0.39 is 0 Å². The molecule has 1 fully saturated rings. The van der Waals surface area contributed by atoms with Gasteiger partial charge < -0.3 is 19.3 Å². The van der Waals surface area contributed by atoms with E-state index in [4.69, 9.17) is 19.7 Å². The summed E-state index contributed by atoms with van der Waals surface area (Å²) < 4.78 is 11.5. The maximum absolute atomic E-state index is 9.04. The average Bonchev–Trinajstić information content (AvgIpc) is 2.84. The van der Waals surface area contributed by atoms with Crippen LogP contribution in [0.15, 0.2) is 64.5 Å². The van der Waals surface area contributed by atoms with Crippen LogP contribution in [-0.4, -0.2) is 55.2 Å². The SMILES string of the molecule is COc1cccc(COc2nc(N3CCN(C)CC3)ncc2Sc2ccc(C#N)cc2)c1. The number of methoxy groups -OCH3 is 1. The lowest BCUT2D eigenvalue weighted by atomic mass is 10.2. The van der Waals surface area contributed by atoms with Gasteiger partial charge >= 0.3 is 0 Å². The average molecular weight is 448 g/mol. The molecule has 2 aromatic carbocycles. The molecule has 0 atom stereocenters. The fourth-order valence-electron chi connectivity index (χ4n) is 3.32. The second-order valence-corrected chi connectivity index (χ2v) is 8.62. The van der Waals surface area contributed by atoms with Gasteiger partial charge in [-0.25, -0.2) is 4.98 Å². The number of piperazine rings is 1. The Bertz CT molecular complexity index is 1090. The molecule has 32 heavy (non-hydrogen) atoms. The van der Waals surface area contributed by atoms with E-state index in [-0.39, 0.29) is 0 Å². The zero-order valence-corrected chi connectivity index (χ0v) is 19.0. The summed E-state index contributed by atoms with van der Waals surface area (Å²) in [6.45, 7) is 4.09. The summed E-state index contributed by atoms with van der Waals surface area (Å²) in [5.74, 6) is 2.02. The van der Waals surface area contributed by atoms with Crippen LogP contribution in [0.4, 0.5) is 5.95 Å². The Labute approximate surface area is 192 Å². The van der Waals surface area contributed by atoms with Crippen LogP contribution >= 0.6 is 11.8 Å². The van der Waals surface area contributed by atoms with Crippen LogP contribution in [0.1, 0.15) is 11.1 Å². The summed E-state index contributed by atoms with van der Waals surface area (Å²) in [6.07, 6.45) is 1.82. The molecule has 0 N–H and O–H groups in total. The van der Waals surface area contributed by atoms with E-state index in [1.165, 1.54) is 11.8 Å². The fraction of sp³-hybridized carbons (Fsp3) is 0.292. The van der Waals surface area contributed by atoms with Crippen LogP contribution in [0, 0.1) is 11.3 Å². The molecular weight excluding hydrogens is 422 g/mol. The number of anilines is 1. The molecule has 0 amide bonds. The zero-order chi connectivity index (χ0) is 22.3. The number of rotatable bonds is 7. The van der Waals surface area contributed by atoms with E-state index in [9.17, 15) is 0 Å². The minimum atomic E-state index is 0.372. The molecule has 3 aromatic rings. The highest BCUT2D eigenvalue weighted by molar-refractivity contribution is 7.99. The van der Waals surface area contributed by atoms with E-state index in [1.807, 2.05) is 42.6 Å². The van der Waals surface area contributed by atoms with Gasteiger partial charge in [0.15, 0.2) is 0 Å². The Morgan fingerprint density at radius 2 is 1.88 bits per heavy atom. The monoisotopic (exact) mass is 447 g/mol. The predicted molar refractivity (Wildman–Crippen MR) is 124 cm³/mol. The highest BCUT2D eigenvalue weighted by Gasteiger charge is 2.19. The van der Waals surface area contributed by atoms with Crippen LogP contribution in [0.3, 0.4) is 0 Å². The lowest BCUT2D eigenvalue weighted by Crippen LogP contribution is -2.45. The number of aromatic nitrogens is 2. The summed E-state index contributed by atoms with van der Waals surface area (Å²) >= 11 is 1.52. The van der Waals surface area contributed by atoms with Crippen LogP contribution in [0.5, 0.6) is 11.6 Å². The number of hydrogen-bond acceptors (Lipinski definition) is 8. The quantitative estimate of drug-likeness (QED) is 0.541. The summed E-state index contributed by atoms with van der Waals surface area (Å²) in [4.78, 5) is 15.7. The Morgan fingerprint density at radius 1 is 1.09 bits per heavy atom. The first kappa shape index (κ1) is 21.9. The van der Waals surface area contributed by atoms with E-state index in [0.29, 0.717) is 24.0 Å². The van der Waals surface area contributed by atoms with E-state index in [0.717, 1.165) is 47.3 Å². The Kier molecular flexibility index (Phi) is 7.10. The third kappa shape index (κ3) is 5.49. The molecule has 0 unspecified atom stereocenters. The molecule has 2 heterocycles. The molecule has 1 aliphatic rings. The number of hydrogen-bond donors (Lipinski definition) is 0. The van der Waals surface area contributed by atoms with Crippen molar-refractivity contribution in [3.63, 3.8) is 0 Å². The van der Waals surface area contributed by atoms with Crippen molar-refractivity contribution in [1.82, 2.24) is 14.9 Å². The number of benzene rings is 2. The summed E-state index contributed by atoms with van der Waals surface area (Å²) in [7, 11) is 3.78. The lowest BCUT2D eigenvalue weighted by Gasteiger charge is -2.32. The van der Waals surface area contributed by atoms with Crippen LogP contribution in [-0.2, 0) is 6.61 Å². The first-order chi connectivity index (χ1) is 15.6.